The third-order valence-corrected chi connectivity index (χ3v) is 3.36. The highest BCUT2D eigenvalue weighted by molar-refractivity contribution is 5.81. The van der Waals surface area contributed by atoms with Crippen molar-refractivity contribution < 1.29 is 4.79 Å². The van der Waals surface area contributed by atoms with Gasteiger partial charge in [0.15, 0.2) is 0 Å². The molecule has 1 aliphatic rings. The van der Waals surface area contributed by atoms with Crippen LogP contribution in [0.5, 0.6) is 0 Å². The minimum atomic E-state index is -0.0689. The number of carbonyl (C=O) groups excluding carboxylic acids is 1. The first kappa shape index (κ1) is 12.5. The van der Waals surface area contributed by atoms with Crippen molar-refractivity contribution in [3.8, 4) is 0 Å². The van der Waals surface area contributed by atoms with Crippen LogP contribution >= 0.6 is 0 Å². The molecule has 0 aromatic carbocycles. The quantitative estimate of drug-likeness (QED) is 0.728. The number of rotatable bonds is 5. The van der Waals surface area contributed by atoms with E-state index in [9.17, 15) is 4.79 Å². The van der Waals surface area contributed by atoms with Crippen molar-refractivity contribution in [1.82, 2.24) is 10.6 Å². The molecule has 0 spiro atoms. The van der Waals surface area contributed by atoms with Gasteiger partial charge in [0.1, 0.15) is 0 Å². The largest absolute Gasteiger partial charge is 0.355 e. The first-order valence-corrected chi connectivity index (χ1v) is 6.19. The Morgan fingerprint density at radius 1 is 1.33 bits per heavy atom. The van der Waals surface area contributed by atoms with E-state index in [1.165, 1.54) is 25.7 Å². The lowest BCUT2D eigenvalue weighted by atomic mass is 9.99. The average molecular weight is 212 g/mol. The second kappa shape index (κ2) is 6.11. The molecule has 0 aromatic rings. The van der Waals surface area contributed by atoms with Crippen molar-refractivity contribution in [2.24, 2.45) is 5.92 Å². The molecule has 1 rings (SSSR count). The smallest absolute Gasteiger partial charge is 0.236 e. The van der Waals surface area contributed by atoms with Crippen LogP contribution in [0, 0.1) is 5.92 Å². The van der Waals surface area contributed by atoms with Crippen LogP contribution in [-0.4, -0.2) is 24.5 Å². The molecule has 15 heavy (non-hydrogen) atoms. The van der Waals surface area contributed by atoms with Crippen molar-refractivity contribution in [3.05, 3.63) is 0 Å². The van der Waals surface area contributed by atoms with Crippen LogP contribution in [0.2, 0.25) is 0 Å². The third-order valence-electron chi connectivity index (χ3n) is 3.36. The standard InChI is InChI=1S/C12H24N2O/c1-4-13-12(15)10(3)14-9(2)11-7-5-6-8-11/h9-11,14H,4-8H2,1-3H3,(H,13,15). The number of nitrogens with one attached hydrogen (secondary N) is 2. The molecule has 1 fully saturated rings. The molecule has 0 heterocycles. The van der Waals surface area contributed by atoms with Crippen molar-refractivity contribution in [2.75, 3.05) is 6.54 Å². The summed E-state index contributed by atoms with van der Waals surface area (Å²) in [5.74, 6) is 0.879. The maximum Gasteiger partial charge on any atom is 0.236 e. The molecule has 3 nitrogen and oxygen atoms in total. The summed E-state index contributed by atoms with van der Waals surface area (Å²) in [6.07, 6.45) is 5.34. The maximum atomic E-state index is 11.5. The average Bonchev–Trinajstić information content (AvgIpc) is 2.70. The summed E-state index contributed by atoms with van der Waals surface area (Å²) in [5, 5.41) is 6.23. The first-order valence-electron chi connectivity index (χ1n) is 6.19. The summed E-state index contributed by atoms with van der Waals surface area (Å²) in [6, 6.07) is 0.394. The normalized spacial score (nSPS) is 21.3. The number of hydrogen-bond donors (Lipinski definition) is 2. The van der Waals surface area contributed by atoms with E-state index in [-0.39, 0.29) is 11.9 Å². The molecule has 0 aromatic heterocycles. The molecule has 0 bridgehead atoms. The van der Waals surface area contributed by atoms with Crippen LogP contribution in [0.25, 0.3) is 0 Å². The second-order valence-electron chi connectivity index (χ2n) is 4.62. The summed E-state index contributed by atoms with van der Waals surface area (Å²) >= 11 is 0. The third kappa shape index (κ3) is 3.82. The maximum absolute atomic E-state index is 11.5. The van der Waals surface area contributed by atoms with Crippen molar-refractivity contribution >= 4 is 5.91 Å². The van der Waals surface area contributed by atoms with Crippen LogP contribution in [0.4, 0.5) is 0 Å². The van der Waals surface area contributed by atoms with E-state index < -0.39 is 0 Å². The van der Waals surface area contributed by atoms with Gasteiger partial charge in [0, 0.05) is 12.6 Å². The Labute approximate surface area is 93.0 Å². The highest BCUT2D eigenvalue weighted by Gasteiger charge is 2.24. The van der Waals surface area contributed by atoms with Gasteiger partial charge in [-0.05, 0) is 39.5 Å². The Hall–Kier alpha value is -0.570. The van der Waals surface area contributed by atoms with Gasteiger partial charge in [0.2, 0.25) is 5.91 Å². The van der Waals surface area contributed by atoms with E-state index in [0.29, 0.717) is 12.6 Å². The molecule has 0 aliphatic heterocycles. The lowest BCUT2D eigenvalue weighted by molar-refractivity contribution is -0.122. The molecule has 88 valence electrons. The van der Waals surface area contributed by atoms with Crippen molar-refractivity contribution in [2.45, 2.75) is 58.5 Å². The van der Waals surface area contributed by atoms with E-state index in [1.807, 2.05) is 13.8 Å². The zero-order chi connectivity index (χ0) is 11.3. The monoisotopic (exact) mass is 212 g/mol. The van der Waals surface area contributed by atoms with Gasteiger partial charge in [0.05, 0.1) is 6.04 Å². The molecule has 1 aliphatic carbocycles. The summed E-state index contributed by atoms with van der Waals surface area (Å²) < 4.78 is 0. The highest BCUT2D eigenvalue weighted by Crippen LogP contribution is 2.27. The van der Waals surface area contributed by atoms with Crippen molar-refractivity contribution in [1.29, 1.82) is 0 Å². The summed E-state index contributed by atoms with van der Waals surface area (Å²) in [7, 11) is 0. The molecular formula is C12H24N2O. The Morgan fingerprint density at radius 3 is 2.47 bits per heavy atom. The fraction of sp³-hybridized carbons (Fsp3) is 0.917. The van der Waals surface area contributed by atoms with E-state index in [4.69, 9.17) is 0 Å². The van der Waals surface area contributed by atoms with E-state index in [2.05, 4.69) is 17.6 Å². The fourth-order valence-electron chi connectivity index (χ4n) is 2.39. The van der Waals surface area contributed by atoms with Gasteiger partial charge < -0.3 is 10.6 Å². The van der Waals surface area contributed by atoms with Crippen LogP contribution in [0.3, 0.4) is 0 Å². The van der Waals surface area contributed by atoms with Crippen LogP contribution in [0.1, 0.15) is 46.5 Å². The lowest BCUT2D eigenvalue weighted by Gasteiger charge is -2.24. The SMILES string of the molecule is CCNC(=O)C(C)NC(C)C1CCCC1. The Bertz CT molecular complexity index is 200. The van der Waals surface area contributed by atoms with Gasteiger partial charge in [-0.15, -0.1) is 0 Å². The fourth-order valence-corrected chi connectivity index (χ4v) is 2.39. The lowest BCUT2D eigenvalue weighted by Crippen LogP contribution is -2.47. The highest BCUT2D eigenvalue weighted by atomic mass is 16.2. The summed E-state index contributed by atoms with van der Waals surface area (Å²) in [5.41, 5.74) is 0. The van der Waals surface area contributed by atoms with E-state index in [1.54, 1.807) is 0 Å². The number of likely N-dealkylation sites (N-methyl/N-ethyl adjacent to an activating group) is 1. The number of amides is 1. The molecule has 3 heteroatoms. The van der Waals surface area contributed by atoms with Crippen molar-refractivity contribution in [3.63, 3.8) is 0 Å². The van der Waals surface area contributed by atoms with Gasteiger partial charge in [-0.3, -0.25) is 4.79 Å². The Balaban J connectivity index is 2.29. The second-order valence-corrected chi connectivity index (χ2v) is 4.62. The predicted molar refractivity (Wildman–Crippen MR) is 62.7 cm³/mol. The van der Waals surface area contributed by atoms with Gasteiger partial charge >= 0.3 is 0 Å². The van der Waals surface area contributed by atoms with Crippen LogP contribution < -0.4 is 10.6 Å². The number of hydrogen-bond acceptors (Lipinski definition) is 2. The molecular weight excluding hydrogens is 188 g/mol. The molecule has 2 atom stereocenters. The molecule has 1 saturated carbocycles. The first-order chi connectivity index (χ1) is 7.15. The molecule has 2 N–H and O–H groups in total. The van der Waals surface area contributed by atoms with E-state index >= 15 is 0 Å². The zero-order valence-corrected chi connectivity index (χ0v) is 10.2. The van der Waals surface area contributed by atoms with Gasteiger partial charge in [-0.2, -0.15) is 0 Å². The topological polar surface area (TPSA) is 41.1 Å². The zero-order valence-electron chi connectivity index (χ0n) is 10.2. The van der Waals surface area contributed by atoms with Crippen LogP contribution in [-0.2, 0) is 4.79 Å². The number of carbonyl (C=O) groups is 1. The Morgan fingerprint density at radius 2 is 1.93 bits per heavy atom. The minimum absolute atomic E-state index is 0.0689. The van der Waals surface area contributed by atoms with Crippen LogP contribution in [0.15, 0.2) is 0 Å². The van der Waals surface area contributed by atoms with Gasteiger partial charge in [-0.1, -0.05) is 12.8 Å². The molecule has 1 amide bonds. The Kier molecular flexibility index (Phi) is 5.09. The van der Waals surface area contributed by atoms with Gasteiger partial charge in [-0.25, -0.2) is 0 Å². The van der Waals surface area contributed by atoms with E-state index in [0.717, 1.165) is 5.92 Å². The molecule has 2 unspecified atom stereocenters. The minimum Gasteiger partial charge on any atom is -0.355 e. The van der Waals surface area contributed by atoms with Gasteiger partial charge in [0.25, 0.3) is 0 Å². The summed E-state index contributed by atoms with van der Waals surface area (Å²) in [4.78, 5) is 11.5. The predicted octanol–water partition coefficient (Wildman–Crippen LogP) is 1.68. The molecule has 0 saturated heterocycles. The molecule has 0 radical (unpaired) electrons. The summed E-state index contributed by atoms with van der Waals surface area (Å²) in [6.45, 7) is 6.80.